The van der Waals surface area contributed by atoms with E-state index in [-0.39, 0.29) is 24.6 Å². The zero-order chi connectivity index (χ0) is 21.8. The van der Waals surface area contributed by atoms with Crippen LogP contribution in [-0.4, -0.2) is 28.5 Å². The minimum atomic E-state index is -0.508. The Hall–Kier alpha value is -3.33. The molecule has 8 nitrogen and oxygen atoms in total. The number of esters is 1. The van der Waals surface area contributed by atoms with E-state index in [1.807, 2.05) is 24.3 Å². The highest BCUT2D eigenvalue weighted by Crippen LogP contribution is 2.23. The number of fused-ring (bicyclic) bond motifs is 1. The zero-order valence-corrected chi connectivity index (χ0v) is 17.6. The Kier molecular flexibility index (Phi) is 6.41. The van der Waals surface area contributed by atoms with Crippen molar-refractivity contribution in [1.29, 1.82) is 0 Å². The lowest BCUT2D eigenvalue weighted by Gasteiger charge is -2.06. The lowest BCUT2D eigenvalue weighted by atomic mass is 10.0. The second-order valence-corrected chi connectivity index (χ2v) is 8.04. The van der Waals surface area contributed by atoms with E-state index in [9.17, 15) is 19.7 Å². The van der Waals surface area contributed by atoms with Crippen molar-refractivity contribution in [1.82, 2.24) is 4.57 Å². The minimum absolute atomic E-state index is 0.0721. The maximum Gasteiger partial charge on any atom is 0.325 e. The molecular formula is C21H21N3O5S. The van der Waals surface area contributed by atoms with Crippen LogP contribution in [-0.2, 0) is 27.3 Å². The number of carbonyl (C=O) groups is 2. The van der Waals surface area contributed by atoms with Gasteiger partial charge in [-0.25, -0.2) is 0 Å². The van der Waals surface area contributed by atoms with Crippen molar-refractivity contribution in [3.05, 3.63) is 68.5 Å². The van der Waals surface area contributed by atoms with Gasteiger partial charge in [-0.15, -0.1) is 0 Å². The quantitative estimate of drug-likeness (QED) is 0.340. The van der Waals surface area contributed by atoms with Gasteiger partial charge < -0.3 is 9.30 Å². The summed E-state index contributed by atoms with van der Waals surface area (Å²) < 4.78 is 6.82. The van der Waals surface area contributed by atoms with E-state index in [1.54, 1.807) is 6.07 Å². The van der Waals surface area contributed by atoms with Crippen LogP contribution in [0.1, 0.15) is 30.9 Å². The Morgan fingerprint density at radius 3 is 2.50 bits per heavy atom. The summed E-state index contributed by atoms with van der Waals surface area (Å²) in [5, 5.41) is 11.1. The van der Waals surface area contributed by atoms with Crippen LogP contribution in [0.4, 0.5) is 5.69 Å². The monoisotopic (exact) mass is 427 g/mol. The molecule has 0 aliphatic carbocycles. The van der Waals surface area contributed by atoms with Gasteiger partial charge in [-0.3, -0.25) is 19.7 Å². The molecule has 2 aromatic carbocycles. The number of non-ortho nitro benzene ring substituents is 1. The largest absolute Gasteiger partial charge is 0.468 e. The van der Waals surface area contributed by atoms with Gasteiger partial charge in [0.1, 0.15) is 6.54 Å². The zero-order valence-electron chi connectivity index (χ0n) is 16.8. The van der Waals surface area contributed by atoms with Gasteiger partial charge >= 0.3 is 5.97 Å². The number of ether oxygens (including phenoxy) is 1. The normalized spacial score (nSPS) is 11.8. The molecule has 30 heavy (non-hydrogen) atoms. The lowest BCUT2D eigenvalue weighted by molar-refractivity contribution is -0.384. The first-order valence-corrected chi connectivity index (χ1v) is 10.1. The van der Waals surface area contributed by atoms with Crippen molar-refractivity contribution in [2.45, 2.75) is 32.7 Å². The van der Waals surface area contributed by atoms with Gasteiger partial charge in [0.15, 0.2) is 4.80 Å². The van der Waals surface area contributed by atoms with Gasteiger partial charge in [0, 0.05) is 12.1 Å². The molecule has 0 atom stereocenters. The Balaban J connectivity index is 1.98. The topological polar surface area (TPSA) is 104 Å². The molecule has 0 N–H and O–H groups in total. The molecule has 1 aromatic heterocycles. The van der Waals surface area contributed by atoms with Gasteiger partial charge in [-0.2, -0.15) is 4.99 Å². The second kappa shape index (κ2) is 9.00. The number of amides is 1. The van der Waals surface area contributed by atoms with E-state index in [2.05, 4.69) is 18.8 Å². The smallest absolute Gasteiger partial charge is 0.325 e. The fourth-order valence-corrected chi connectivity index (χ4v) is 4.03. The average molecular weight is 427 g/mol. The van der Waals surface area contributed by atoms with E-state index >= 15 is 0 Å². The Morgan fingerprint density at radius 2 is 1.90 bits per heavy atom. The van der Waals surface area contributed by atoms with Gasteiger partial charge in [0.25, 0.3) is 11.6 Å². The van der Waals surface area contributed by atoms with Gasteiger partial charge in [0.2, 0.25) is 0 Å². The Bertz CT molecular complexity index is 1180. The molecule has 0 unspecified atom stereocenters. The first-order chi connectivity index (χ1) is 14.3. The van der Waals surface area contributed by atoms with Gasteiger partial charge in [0.05, 0.1) is 28.7 Å². The summed E-state index contributed by atoms with van der Waals surface area (Å²) in [5.74, 6) is -0.475. The third kappa shape index (κ3) is 4.80. The Morgan fingerprint density at radius 1 is 1.20 bits per heavy atom. The van der Waals surface area contributed by atoms with Crippen LogP contribution >= 0.6 is 11.3 Å². The SMILES string of the molecule is COC(=O)Cn1c(=NC(=O)Cc2ccc(C(C)C)cc2)sc2cc([N+](=O)[O-])ccc21. The van der Waals surface area contributed by atoms with Crippen LogP contribution in [0.5, 0.6) is 0 Å². The molecule has 9 heteroatoms. The highest BCUT2D eigenvalue weighted by atomic mass is 32.1. The molecule has 0 aliphatic rings. The molecule has 0 spiro atoms. The van der Waals surface area contributed by atoms with Crippen molar-refractivity contribution in [2.75, 3.05) is 7.11 Å². The fraction of sp³-hybridized carbons (Fsp3) is 0.286. The summed E-state index contributed by atoms with van der Waals surface area (Å²) in [5.41, 5.74) is 2.52. The standard InChI is InChI=1S/C21H21N3O5S/c1-13(2)15-6-4-14(5-7-15)10-19(25)22-21-23(12-20(26)29-3)17-9-8-16(24(27)28)11-18(17)30-21/h4-9,11,13H,10,12H2,1-3H3. The number of thiazole rings is 1. The van der Waals surface area contributed by atoms with Crippen molar-refractivity contribution in [3.8, 4) is 0 Å². The maximum atomic E-state index is 12.6. The molecule has 3 rings (SSSR count). The van der Waals surface area contributed by atoms with Gasteiger partial charge in [-0.1, -0.05) is 49.4 Å². The first-order valence-electron chi connectivity index (χ1n) is 9.29. The number of nitro benzene ring substituents is 1. The van der Waals surface area contributed by atoms with E-state index in [1.165, 1.54) is 29.4 Å². The summed E-state index contributed by atoms with van der Waals surface area (Å²) in [7, 11) is 1.27. The highest BCUT2D eigenvalue weighted by Gasteiger charge is 2.15. The fourth-order valence-electron chi connectivity index (χ4n) is 2.95. The van der Waals surface area contributed by atoms with Gasteiger partial charge in [-0.05, 0) is 23.1 Å². The molecule has 1 amide bonds. The highest BCUT2D eigenvalue weighted by molar-refractivity contribution is 7.16. The van der Waals surface area contributed by atoms with Crippen LogP contribution in [0.3, 0.4) is 0 Å². The molecule has 0 aliphatic heterocycles. The molecular weight excluding hydrogens is 406 g/mol. The van der Waals surface area contributed by atoms with Crippen molar-refractivity contribution < 1.29 is 19.2 Å². The van der Waals surface area contributed by atoms with Crippen LogP contribution in [0.15, 0.2) is 47.5 Å². The average Bonchev–Trinajstić information content (AvgIpc) is 3.04. The molecule has 0 bridgehead atoms. The molecule has 3 aromatic rings. The van der Waals surface area contributed by atoms with Crippen molar-refractivity contribution >= 4 is 39.1 Å². The van der Waals surface area contributed by atoms with Crippen LogP contribution in [0.2, 0.25) is 0 Å². The number of methoxy groups -OCH3 is 1. The Labute approximate surface area is 176 Å². The summed E-state index contributed by atoms with van der Waals surface area (Å²) in [4.78, 5) is 39.4. The number of rotatable bonds is 6. The number of nitro groups is 1. The summed E-state index contributed by atoms with van der Waals surface area (Å²) >= 11 is 1.12. The number of nitrogens with zero attached hydrogens (tertiary/aromatic N) is 3. The predicted molar refractivity (Wildman–Crippen MR) is 113 cm³/mol. The van der Waals surface area contributed by atoms with Crippen LogP contribution in [0, 0.1) is 10.1 Å². The maximum absolute atomic E-state index is 12.6. The number of hydrogen-bond donors (Lipinski definition) is 0. The lowest BCUT2D eigenvalue weighted by Crippen LogP contribution is -2.22. The molecule has 0 radical (unpaired) electrons. The summed E-state index contributed by atoms with van der Waals surface area (Å²) in [6, 6.07) is 12.1. The molecule has 1 heterocycles. The second-order valence-electron chi connectivity index (χ2n) is 7.03. The van der Waals surface area contributed by atoms with Crippen molar-refractivity contribution in [2.24, 2.45) is 4.99 Å². The molecule has 0 saturated heterocycles. The molecule has 156 valence electrons. The minimum Gasteiger partial charge on any atom is -0.468 e. The van der Waals surface area contributed by atoms with E-state index in [4.69, 9.17) is 4.74 Å². The van der Waals surface area contributed by atoms with Crippen molar-refractivity contribution in [3.63, 3.8) is 0 Å². The molecule has 0 saturated carbocycles. The summed E-state index contributed by atoms with van der Waals surface area (Å²) in [6.45, 7) is 4.05. The third-order valence-corrected chi connectivity index (χ3v) is 5.66. The van der Waals surface area contributed by atoms with Crippen LogP contribution < -0.4 is 4.80 Å². The van der Waals surface area contributed by atoms with E-state index in [0.717, 1.165) is 16.9 Å². The number of benzene rings is 2. The predicted octanol–water partition coefficient (Wildman–Crippen LogP) is 3.58. The number of aromatic nitrogens is 1. The third-order valence-electron chi connectivity index (χ3n) is 4.61. The molecule has 0 fully saturated rings. The van der Waals surface area contributed by atoms with E-state index in [0.29, 0.717) is 20.9 Å². The number of hydrogen-bond acceptors (Lipinski definition) is 6. The summed E-state index contributed by atoms with van der Waals surface area (Å²) in [6.07, 6.45) is 0.116. The van der Waals surface area contributed by atoms with Crippen LogP contribution in [0.25, 0.3) is 10.2 Å². The number of carbonyl (C=O) groups excluding carboxylic acids is 2. The van der Waals surface area contributed by atoms with E-state index < -0.39 is 10.9 Å². The first kappa shape index (κ1) is 21.4.